The van der Waals surface area contributed by atoms with Crippen LogP contribution in [0, 0.1) is 0 Å². The molecule has 0 unspecified atom stereocenters. The molecular weight excluding hydrogens is 576 g/mol. The molecule has 36 heavy (non-hydrogen) atoms. The van der Waals surface area contributed by atoms with Gasteiger partial charge in [-0.15, -0.1) is 0 Å². The highest BCUT2D eigenvalue weighted by Gasteiger charge is 2.24. The van der Waals surface area contributed by atoms with E-state index in [4.69, 9.17) is 11.5 Å². The minimum absolute atomic E-state index is 0.0656. The minimum Gasteiger partial charge on any atom is -0.398 e. The lowest BCUT2D eigenvalue weighted by molar-refractivity contribution is -0.110. The zero-order chi connectivity index (χ0) is 27.1. The summed E-state index contributed by atoms with van der Waals surface area (Å²) >= 11 is 6.98. The number of hydrogen-bond donors (Lipinski definition) is 2. The molecule has 0 amide bonds. The zero-order valence-electron chi connectivity index (χ0n) is 22.6. The molecule has 1 aliphatic rings. The fourth-order valence-electron chi connectivity index (χ4n) is 4.80. The first-order valence-corrected chi connectivity index (χ1v) is 14.2. The van der Waals surface area contributed by atoms with E-state index in [0.717, 1.165) is 55.9 Å². The molecule has 0 radical (unpaired) electrons. The second-order valence-electron chi connectivity index (χ2n) is 10.9. The summed E-state index contributed by atoms with van der Waals surface area (Å²) in [5, 5.41) is 0. The highest BCUT2D eigenvalue weighted by atomic mass is 79.9. The molecule has 0 heterocycles. The third-order valence-corrected chi connectivity index (χ3v) is 8.02. The molecule has 0 bridgehead atoms. The van der Waals surface area contributed by atoms with Crippen molar-refractivity contribution < 1.29 is 4.79 Å². The lowest BCUT2D eigenvalue weighted by Gasteiger charge is -2.24. The highest BCUT2D eigenvalue weighted by Crippen LogP contribution is 2.42. The molecule has 4 N–H and O–H groups in total. The first-order valence-electron chi connectivity index (χ1n) is 12.6. The molecular formula is C31H38Br2N2O. The van der Waals surface area contributed by atoms with Crippen LogP contribution in [-0.4, -0.2) is 5.78 Å². The fraction of sp³-hybridized carbons (Fsp3) is 0.387. The van der Waals surface area contributed by atoms with Crippen molar-refractivity contribution in [1.82, 2.24) is 0 Å². The van der Waals surface area contributed by atoms with Crippen LogP contribution in [-0.2, 0) is 4.79 Å². The molecule has 0 spiro atoms. The summed E-state index contributed by atoms with van der Waals surface area (Å²) in [5.74, 6) is 1.03. The van der Waals surface area contributed by atoms with Crippen molar-refractivity contribution in [2.75, 3.05) is 11.5 Å². The number of allylic oxidation sites excluding steroid dienone is 5. The first kappa shape index (κ1) is 28.5. The van der Waals surface area contributed by atoms with E-state index >= 15 is 0 Å². The maximum atomic E-state index is 12.5. The summed E-state index contributed by atoms with van der Waals surface area (Å²) in [6, 6.07) is 8.87. The Bertz CT molecular complexity index is 1140. The van der Waals surface area contributed by atoms with Crippen molar-refractivity contribution in [2.45, 2.75) is 79.1 Å². The molecule has 192 valence electrons. The number of carbonyl (C=O) groups excluding carboxylic acids is 1. The molecule has 3 nitrogen and oxygen atoms in total. The first-order chi connectivity index (χ1) is 16.7. The third-order valence-electron chi connectivity index (χ3n) is 6.84. The van der Waals surface area contributed by atoms with Crippen LogP contribution in [0.25, 0.3) is 5.57 Å². The summed E-state index contributed by atoms with van der Waals surface area (Å²) in [5.41, 5.74) is 23.8. The number of anilines is 2. The Morgan fingerprint density at radius 2 is 0.889 bits per heavy atom. The van der Waals surface area contributed by atoms with Crippen LogP contribution in [0.3, 0.4) is 0 Å². The largest absolute Gasteiger partial charge is 0.398 e. The number of rotatable bonds is 6. The number of benzene rings is 2. The van der Waals surface area contributed by atoms with Gasteiger partial charge in [0.25, 0.3) is 0 Å². The summed E-state index contributed by atoms with van der Waals surface area (Å²) in [7, 11) is 0. The highest BCUT2D eigenvalue weighted by molar-refractivity contribution is 9.13. The number of nitrogens with two attached hydrogens (primary N) is 2. The lowest BCUT2D eigenvalue weighted by atomic mass is 9.82. The Labute approximate surface area is 233 Å². The average Bonchev–Trinajstić information content (AvgIpc) is 2.78. The quantitative estimate of drug-likeness (QED) is 0.319. The van der Waals surface area contributed by atoms with Crippen molar-refractivity contribution in [3.8, 4) is 0 Å². The molecule has 0 saturated carbocycles. The van der Waals surface area contributed by atoms with Gasteiger partial charge in [0.05, 0.1) is 8.96 Å². The number of hydrogen-bond acceptors (Lipinski definition) is 3. The van der Waals surface area contributed by atoms with E-state index in [2.05, 4.69) is 112 Å². The number of nitrogen functional groups attached to an aromatic ring is 2. The Balaban J connectivity index is 2.52. The van der Waals surface area contributed by atoms with Crippen LogP contribution in [0.1, 0.15) is 112 Å². The Kier molecular flexibility index (Phi) is 8.78. The van der Waals surface area contributed by atoms with E-state index in [9.17, 15) is 4.79 Å². The van der Waals surface area contributed by atoms with Gasteiger partial charge in [-0.05, 0) is 136 Å². The average molecular weight is 614 g/mol. The number of halogens is 2. The van der Waals surface area contributed by atoms with Crippen LogP contribution >= 0.6 is 31.9 Å². The number of carbonyl (C=O) groups is 1. The summed E-state index contributed by atoms with van der Waals surface area (Å²) < 4.78 is 1.05. The van der Waals surface area contributed by atoms with Gasteiger partial charge >= 0.3 is 0 Å². The van der Waals surface area contributed by atoms with Crippen LogP contribution in [0.5, 0.6) is 0 Å². The molecule has 0 saturated heterocycles. The number of Topliss-reactive ketones (excluding diaryl/α,β-unsaturated/α-hetero) is 1. The molecule has 0 atom stereocenters. The van der Waals surface area contributed by atoms with Crippen molar-refractivity contribution in [3.05, 3.63) is 84.3 Å². The molecule has 0 fully saturated rings. The van der Waals surface area contributed by atoms with Crippen molar-refractivity contribution in [3.63, 3.8) is 0 Å². The van der Waals surface area contributed by atoms with Crippen LogP contribution < -0.4 is 11.5 Å². The summed E-state index contributed by atoms with van der Waals surface area (Å²) in [6.07, 6.45) is 3.84. The van der Waals surface area contributed by atoms with E-state index < -0.39 is 0 Å². The summed E-state index contributed by atoms with van der Waals surface area (Å²) in [4.78, 5) is 12.5. The van der Waals surface area contributed by atoms with Crippen molar-refractivity contribution >= 4 is 54.6 Å². The van der Waals surface area contributed by atoms with Crippen molar-refractivity contribution in [2.24, 2.45) is 0 Å². The Morgan fingerprint density at radius 3 is 1.14 bits per heavy atom. The van der Waals surface area contributed by atoms with Gasteiger partial charge in [-0.2, -0.15) is 0 Å². The molecule has 5 heteroatoms. The summed E-state index contributed by atoms with van der Waals surface area (Å²) in [6.45, 7) is 17.4. The monoisotopic (exact) mass is 612 g/mol. The number of ketones is 1. The maximum absolute atomic E-state index is 12.5. The SMILES string of the molecule is CC(C)c1cc(C(=C2C=C(Br)C(=O)C(Br)=C2)c2cc(C(C)C)c(N)c(C(C)C)c2)cc(C(C)C)c1N. The molecule has 2 aromatic rings. The van der Waals surface area contributed by atoms with Gasteiger partial charge in [0.15, 0.2) is 0 Å². The van der Waals surface area contributed by atoms with Crippen LogP contribution in [0.2, 0.25) is 0 Å². The zero-order valence-corrected chi connectivity index (χ0v) is 25.8. The van der Waals surface area contributed by atoms with E-state index in [1.807, 2.05) is 12.2 Å². The van der Waals surface area contributed by atoms with Gasteiger partial charge < -0.3 is 11.5 Å². The van der Waals surface area contributed by atoms with E-state index in [0.29, 0.717) is 8.96 Å². The van der Waals surface area contributed by atoms with Gasteiger partial charge in [0.1, 0.15) is 0 Å². The van der Waals surface area contributed by atoms with Gasteiger partial charge in [0.2, 0.25) is 5.78 Å². The smallest absolute Gasteiger partial charge is 0.206 e. The second-order valence-corrected chi connectivity index (χ2v) is 12.6. The Hall–Kier alpha value is -2.11. The fourth-order valence-corrected chi connectivity index (χ4v) is 5.99. The van der Waals surface area contributed by atoms with Gasteiger partial charge in [-0.25, -0.2) is 0 Å². The molecule has 0 aliphatic heterocycles. The van der Waals surface area contributed by atoms with E-state index in [-0.39, 0.29) is 29.5 Å². The van der Waals surface area contributed by atoms with Gasteiger partial charge in [-0.3, -0.25) is 4.79 Å². The van der Waals surface area contributed by atoms with Crippen molar-refractivity contribution in [1.29, 1.82) is 0 Å². The topological polar surface area (TPSA) is 69.1 Å². The predicted octanol–water partition coefficient (Wildman–Crippen LogP) is 9.29. The lowest BCUT2D eigenvalue weighted by Crippen LogP contribution is -2.09. The third kappa shape index (κ3) is 5.57. The van der Waals surface area contributed by atoms with Gasteiger partial charge in [-0.1, -0.05) is 55.4 Å². The molecule has 2 aromatic carbocycles. The molecule has 1 aliphatic carbocycles. The van der Waals surface area contributed by atoms with Crippen LogP contribution in [0.4, 0.5) is 11.4 Å². The van der Waals surface area contributed by atoms with Gasteiger partial charge in [0, 0.05) is 11.4 Å². The maximum Gasteiger partial charge on any atom is 0.206 e. The van der Waals surface area contributed by atoms with Crippen LogP contribution in [0.15, 0.2) is 51.0 Å². The van der Waals surface area contributed by atoms with E-state index in [1.165, 1.54) is 0 Å². The Morgan fingerprint density at radius 1 is 0.611 bits per heavy atom. The molecule has 3 rings (SSSR count). The standard InChI is InChI=1S/C31H38Br2N2O/c1-15(2)22-9-19(10-23(16(3)4)29(22)34)28(21-13-26(32)31(36)27(33)14-21)20-11-24(17(5)6)30(35)25(12-20)18(7)8/h9-18H,34-35H2,1-8H3. The van der Waals surface area contributed by atoms with E-state index in [1.54, 1.807) is 0 Å². The second kappa shape index (κ2) is 11.1. The normalized spacial score (nSPS) is 14.3. The molecule has 0 aromatic heterocycles. The minimum atomic E-state index is -0.0656. The predicted molar refractivity (Wildman–Crippen MR) is 163 cm³/mol.